The highest BCUT2D eigenvalue weighted by Gasteiger charge is 2.36. The topological polar surface area (TPSA) is 87.9 Å². The number of benzene rings is 2. The molecule has 0 bridgehead atoms. The molecule has 0 N–H and O–H groups in total. The zero-order valence-corrected chi connectivity index (χ0v) is 18.3. The van der Waals surface area contributed by atoms with Crippen LogP contribution in [0, 0.1) is 0 Å². The van der Waals surface area contributed by atoms with E-state index >= 15 is 0 Å². The Kier molecular flexibility index (Phi) is 5.58. The predicted octanol–water partition coefficient (Wildman–Crippen LogP) is 2.69. The highest BCUT2D eigenvalue weighted by atomic mass is 32.2. The zero-order chi connectivity index (χ0) is 22.2. The SMILES string of the molecule is CN(C)c1ccc(CN(C(=O)c2cc3ccccc3oc2=O)[C@@H]2CCS(=O)(=O)C2)cc1. The van der Waals surface area contributed by atoms with Crippen LogP contribution in [-0.2, 0) is 16.4 Å². The Labute approximate surface area is 180 Å². The minimum absolute atomic E-state index is 0.0351. The van der Waals surface area contributed by atoms with Gasteiger partial charge in [-0.25, -0.2) is 13.2 Å². The Balaban J connectivity index is 1.71. The molecule has 7 nitrogen and oxygen atoms in total. The van der Waals surface area contributed by atoms with Crippen LogP contribution in [0.15, 0.2) is 63.8 Å². The first-order valence-corrected chi connectivity index (χ1v) is 11.9. The van der Waals surface area contributed by atoms with Gasteiger partial charge in [0.1, 0.15) is 11.1 Å². The third kappa shape index (κ3) is 4.49. The van der Waals surface area contributed by atoms with E-state index in [2.05, 4.69) is 0 Å². The van der Waals surface area contributed by atoms with Gasteiger partial charge in [0.05, 0.1) is 11.5 Å². The first-order valence-electron chi connectivity index (χ1n) is 10.0. The van der Waals surface area contributed by atoms with Crippen molar-refractivity contribution in [2.45, 2.75) is 19.0 Å². The number of rotatable bonds is 5. The maximum Gasteiger partial charge on any atom is 0.349 e. The fourth-order valence-corrected chi connectivity index (χ4v) is 5.58. The Morgan fingerprint density at radius 3 is 2.45 bits per heavy atom. The summed E-state index contributed by atoms with van der Waals surface area (Å²) in [5.74, 6) is -0.584. The molecule has 1 atom stereocenters. The van der Waals surface area contributed by atoms with E-state index in [4.69, 9.17) is 4.42 Å². The van der Waals surface area contributed by atoms with E-state index in [-0.39, 0.29) is 23.6 Å². The fourth-order valence-electron chi connectivity index (χ4n) is 3.85. The molecule has 2 heterocycles. The zero-order valence-electron chi connectivity index (χ0n) is 17.4. The number of para-hydroxylation sites is 1. The van der Waals surface area contributed by atoms with Gasteiger partial charge in [-0.1, -0.05) is 30.3 Å². The van der Waals surface area contributed by atoms with Crippen molar-refractivity contribution in [1.29, 1.82) is 0 Å². The molecule has 8 heteroatoms. The van der Waals surface area contributed by atoms with Gasteiger partial charge in [-0.3, -0.25) is 4.79 Å². The maximum atomic E-state index is 13.4. The summed E-state index contributed by atoms with van der Waals surface area (Å²) < 4.78 is 29.5. The molecular formula is C23H24N2O5S. The standard InChI is InChI=1S/C23H24N2O5S/c1-24(2)18-9-7-16(8-10-18)14-25(19-11-12-31(28,29)15-19)22(26)20-13-17-5-3-4-6-21(17)30-23(20)27/h3-10,13,19H,11-12,14-15H2,1-2H3/t19-/m1/s1. The van der Waals surface area contributed by atoms with Crippen molar-refractivity contribution in [2.75, 3.05) is 30.5 Å². The molecule has 1 aromatic heterocycles. The van der Waals surface area contributed by atoms with Crippen LogP contribution in [0.4, 0.5) is 5.69 Å². The van der Waals surface area contributed by atoms with Gasteiger partial charge in [-0.15, -0.1) is 0 Å². The van der Waals surface area contributed by atoms with Gasteiger partial charge in [0.2, 0.25) is 0 Å². The molecule has 1 aliphatic rings. The predicted molar refractivity (Wildman–Crippen MR) is 120 cm³/mol. The number of carbonyl (C=O) groups is 1. The molecule has 0 unspecified atom stereocenters. The lowest BCUT2D eigenvalue weighted by atomic mass is 10.1. The van der Waals surface area contributed by atoms with Crippen LogP contribution < -0.4 is 10.5 Å². The lowest BCUT2D eigenvalue weighted by molar-refractivity contribution is 0.0676. The second-order valence-corrected chi connectivity index (χ2v) is 10.3. The van der Waals surface area contributed by atoms with Gasteiger partial charge in [0.15, 0.2) is 9.84 Å². The average molecular weight is 441 g/mol. The molecule has 3 aromatic rings. The minimum atomic E-state index is -3.21. The van der Waals surface area contributed by atoms with Crippen molar-refractivity contribution < 1.29 is 17.6 Å². The number of amides is 1. The highest BCUT2D eigenvalue weighted by molar-refractivity contribution is 7.91. The number of hydrogen-bond acceptors (Lipinski definition) is 6. The molecule has 1 saturated heterocycles. The lowest BCUT2D eigenvalue weighted by Gasteiger charge is -2.28. The van der Waals surface area contributed by atoms with E-state index < -0.39 is 27.4 Å². The largest absolute Gasteiger partial charge is 0.422 e. The molecule has 1 amide bonds. The van der Waals surface area contributed by atoms with Gasteiger partial charge in [-0.05, 0) is 36.2 Å². The first kappa shape index (κ1) is 21.1. The second-order valence-electron chi connectivity index (χ2n) is 8.04. The maximum absolute atomic E-state index is 13.4. The van der Waals surface area contributed by atoms with E-state index in [1.165, 1.54) is 11.0 Å². The molecular weight excluding hydrogens is 416 g/mol. The van der Waals surface area contributed by atoms with E-state index in [0.29, 0.717) is 17.4 Å². The number of hydrogen-bond donors (Lipinski definition) is 0. The van der Waals surface area contributed by atoms with Gasteiger partial charge in [-0.2, -0.15) is 0 Å². The third-order valence-corrected chi connectivity index (χ3v) is 7.34. The van der Waals surface area contributed by atoms with Crippen molar-refractivity contribution in [3.05, 3.63) is 76.1 Å². The Morgan fingerprint density at radius 1 is 1.10 bits per heavy atom. The van der Waals surface area contributed by atoms with Crippen molar-refractivity contribution in [1.82, 2.24) is 4.90 Å². The summed E-state index contributed by atoms with van der Waals surface area (Å²) in [4.78, 5) is 29.5. The molecule has 1 fully saturated rings. The van der Waals surface area contributed by atoms with Crippen molar-refractivity contribution >= 4 is 32.4 Å². The van der Waals surface area contributed by atoms with Crippen LogP contribution in [0.1, 0.15) is 22.3 Å². The molecule has 0 aliphatic carbocycles. The summed E-state index contributed by atoms with van der Waals surface area (Å²) in [6, 6.07) is 15.7. The fraction of sp³-hybridized carbons (Fsp3) is 0.304. The van der Waals surface area contributed by atoms with Crippen LogP contribution in [0.25, 0.3) is 11.0 Å². The quantitative estimate of drug-likeness (QED) is 0.567. The van der Waals surface area contributed by atoms with Crippen molar-refractivity contribution in [3.63, 3.8) is 0 Å². The number of carbonyl (C=O) groups excluding carboxylic acids is 1. The summed E-state index contributed by atoms with van der Waals surface area (Å²) in [7, 11) is 0.662. The highest BCUT2D eigenvalue weighted by Crippen LogP contribution is 2.24. The molecule has 0 saturated carbocycles. The summed E-state index contributed by atoms with van der Waals surface area (Å²) in [6.07, 6.45) is 0.350. The first-order chi connectivity index (χ1) is 14.7. The number of anilines is 1. The molecule has 1 aliphatic heterocycles. The molecule has 31 heavy (non-hydrogen) atoms. The van der Waals surface area contributed by atoms with Crippen molar-refractivity contribution in [3.8, 4) is 0 Å². The number of sulfone groups is 1. The van der Waals surface area contributed by atoms with E-state index in [0.717, 1.165) is 11.3 Å². The Hall–Kier alpha value is -3.13. The summed E-state index contributed by atoms with van der Waals surface area (Å²) in [5.41, 5.74) is 1.46. The van der Waals surface area contributed by atoms with E-state index in [1.54, 1.807) is 24.3 Å². The van der Waals surface area contributed by atoms with E-state index in [9.17, 15) is 18.0 Å². The van der Waals surface area contributed by atoms with Gasteiger partial charge in [0.25, 0.3) is 5.91 Å². The second kappa shape index (κ2) is 8.19. The van der Waals surface area contributed by atoms with E-state index in [1.807, 2.05) is 43.3 Å². The van der Waals surface area contributed by atoms with Crippen LogP contribution in [0.2, 0.25) is 0 Å². The van der Waals surface area contributed by atoms with Crippen LogP contribution >= 0.6 is 0 Å². The Morgan fingerprint density at radius 2 is 1.81 bits per heavy atom. The van der Waals surface area contributed by atoms with Crippen LogP contribution in [-0.4, -0.2) is 50.9 Å². The lowest BCUT2D eigenvalue weighted by Crippen LogP contribution is -2.42. The number of fused-ring (bicyclic) bond motifs is 1. The smallest absolute Gasteiger partial charge is 0.349 e. The van der Waals surface area contributed by atoms with Crippen molar-refractivity contribution in [2.24, 2.45) is 0 Å². The van der Waals surface area contributed by atoms with Gasteiger partial charge in [0, 0.05) is 37.8 Å². The monoisotopic (exact) mass is 440 g/mol. The molecule has 0 radical (unpaired) electrons. The normalized spacial score (nSPS) is 17.5. The number of nitrogens with zero attached hydrogens (tertiary/aromatic N) is 2. The van der Waals surface area contributed by atoms with Gasteiger partial charge >= 0.3 is 5.63 Å². The average Bonchev–Trinajstić information content (AvgIpc) is 3.10. The minimum Gasteiger partial charge on any atom is -0.422 e. The molecule has 162 valence electrons. The molecule has 4 rings (SSSR count). The summed E-state index contributed by atoms with van der Waals surface area (Å²) >= 11 is 0. The summed E-state index contributed by atoms with van der Waals surface area (Å²) in [5, 5.41) is 0.639. The van der Waals surface area contributed by atoms with Gasteiger partial charge < -0.3 is 14.2 Å². The van der Waals surface area contributed by atoms with Crippen LogP contribution in [0.3, 0.4) is 0 Å². The molecule has 2 aromatic carbocycles. The Bertz CT molecular complexity index is 1280. The third-order valence-electron chi connectivity index (χ3n) is 5.59. The molecule has 0 spiro atoms. The summed E-state index contributed by atoms with van der Waals surface area (Å²) in [6.45, 7) is 0.207. The van der Waals surface area contributed by atoms with Crippen LogP contribution in [0.5, 0.6) is 0 Å².